The van der Waals surface area contributed by atoms with E-state index in [0.29, 0.717) is 5.96 Å². The molecule has 0 spiro atoms. The van der Waals surface area contributed by atoms with Gasteiger partial charge < -0.3 is 5.32 Å². The maximum atomic E-state index is 5.19. The summed E-state index contributed by atoms with van der Waals surface area (Å²) in [6, 6.07) is 0. The number of nitrogens with one attached hydrogen (secondary N) is 2. The predicted molar refractivity (Wildman–Crippen MR) is 54.5 cm³/mol. The van der Waals surface area contributed by atoms with Crippen molar-refractivity contribution in [1.29, 1.82) is 0 Å². The first-order valence-corrected chi connectivity index (χ1v) is 4.80. The number of aromatic nitrogens is 1. The van der Waals surface area contributed by atoms with Gasteiger partial charge in [-0.05, 0) is 0 Å². The van der Waals surface area contributed by atoms with Crippen LogP contribution >= 0.6 is 11.3 Å². The molecule has 1 aromatic rings. The highest BCUT2D eigenvalue weighted by Gasteiger charge is 1.96. The molecule has 0 aliphatic heterocycles. The zero-order valence-corrected chi connectivity index (χ0v) is 8.27. The van der Waals surface area contributed by atoms with Gasteiger partial charge in [0.15, 0.2) is 0 Å². The van der Waals surface area contributed by atoms with Crippen molar-refractivity contribution < 1.29 is 0 Å². The van der Waals surface area contributed by atoms with Crippen molar-refractivity contribution in [3.8, 4) is 0 Å². The van der Waals surface area contributed by atoms with Crippen molar-refractivity contribution in [2.45, 2.75) is 6.42 Å². The topological polar surface area (TPSA) is 75.3 Å². The second-order valence-corrected chi connectivity index (χ2v) is 3.30. The smallest absolute Gasteiger partial charge is 0.205 e. The van der Waals surface area contributed by atoms with E-state index >= 15 is 0 Å². The Morgan fingerprint density at radius 2 is 2.62 bits per heavy atom. The lowest BCUT2D eigenvalue weighted by molar-refractivity contribution is 0.812. The van der Waals surface area contributed by atoms with E-state index in [1.54, 1.807) is 24.6 Å². The summed E-state index contributed by atoms with van der Waals surface area (Å²) in [5.41, 5.74) is 2.45. The number of guanidine groups is 1. The van der Waals surface area contributed by atoms with E-state index < -0.39 is 0 Å². The molecule has 72 valence electrons. The molecule has 4 N–H and O–H groups in total. The van der Waals surface area contributed by atoms with Crippen LogP contribution in [0.3, 0.4) is 0 Å². The van der Waals surface area contributed by atoms with Crippen LogP contribution in [0.15, 0.2) is 16.6 Å². The SMILES string of the molecule is CN=C(NN)NCCc1nccs1. The Morgan fingerprint density at radius 3 is 3.15 bits per heavy atom. The van der Waals surface area contributed by atoms with Crippen LogP contribution in [0.5, 0.6) is 0 Å². The van der Waals surface area contributed by atoms with Crippen LogP contribution in [0.4, 0.5) is 0 Å². The Kier molecular flexibility index (Phi) is 4.20. The predicted octanol–water partition coefficient (Wildman–Crippen LogP) is -0.276. The molecule has 0 aromatic carbocycles. The Bertz CT molecular complexity index is 256. The number of hydrogen-bond donors (Lipinski definition) is 3. The zero-order chi connectivity index (χ0) is 9.52. The van der Waals surface area contributed by atoms with Crippen LogP contribution in [0.25, 0.3) is 0 Å². The molecular formula is C7H13N5S. The van der Waals surface area contributed by atoms with Gasteiger partial charge in [-0.15, -0.1) is 11.3 Å². The van der Waals surface area contributed by atoms with Gasteiger partial charge in [-0.1, -0.05) is 0 Å². The third kappa shape index (κ3) is 3.39. The van der Waals surface area contributed by atoms with Crippen molar-refractivity contribution in [3.05, 3.63) is 16.6 Å². The number of hydrazine groups is 1. The third-order valence-electron chi connectivity index (χ3n) is 1.48. The van der Waals surface area contributed by atoms with Gasteiger partial charge in [0.25, 0.3) is 0 Å². The molecule has 13 heavy (non-hydrogen) atoms. The van der Waals surface area contributed by atoms with E-state index in [1.807, 2.05) is 5.38 Å². The molecule has 0 atom stereocenters. The Labute approximate surface area is 81.1 Å². The van der Waals surface area contributed by atoms with Crippen LogP contribution < -0.4 is 16.6 Å². The molecule has 1 aromatic heterocycles. The summed E-state index contributed by atoms with van der Waals surface area (Å²) in [5, 5.41) is 6.11. The summed E-state index contributed by atoms with van der Waals surface area (Å²) < 4.78 is 0. The van der Waals surface area contributed by atoms with E-state index in [9.17, 15) is 0 Å². The highest BCUT2D eigenvalue weighted by atomic mass is 32.1. The highest BCUT2D eigenvalue weighted by Crippen LogP contribution is 2.03. The number of aliphatic imine (C=N–C) groups is 1. The van der Waals surface area contributed by atoms with Gasteiger partial charge in [0.1, 0.15) is 0 Å². The first-order valence-electron chi connectivity index (χ1n) is 3.92. The second-order valence-electron chi connectivity index (χ2n) is 2.32. The van der Waals surface area contributed by atoms with Gasteiger partial charge in [-0.2, -0.15) is 0 Å². The van der Waals surface area contributed by atoms with E-state index in [0.717, 1.165) is 18.0 Å². The lowest BCUT2D eigenvalue weighted by Gasteiger charge is -2.06. The van der Waals surface area contributed by atoms with Crippen molar-refractivity contribution in [1.82, 2.24) is 15.7 Å². The summed E-state index contributed by atoms with van der Waals surface area (Å²) in [6.45, 7) is 0.782. The maximum absolute atomic E-state index is 5.19. The van der Waals surface area contributed by atoms with Crippen LogP contribution in [0, 0.1) is 0 Å². The standard InChI is InChI=1S/C7H13N5S/c1-9-7(12-8)11-3-2-6-10-4-5-13-6/h4-5H,2-3,8H2,1H3,(H2,9,11,12). The van der Waals surface area contributed by atoms with Crippen LogP contribution in [-0.2, 0) is 6.42 Å². The average Bonchev–Trinajstić information content (AvgIpc) is 2.65. The average molecular weight is 199 g/mol. The van der Waals surface area contributed by atoms with Crippen LogP contribution in [-0.4, -0.2) is 24.5 Å². The van der Waals surface area contributed by atoms with E-state index in [1.165, 1.54) is 0 Å². The minimum absolute atomic E-state index is 0.594. The van der Waals surface area contributed by atoms with E-state index in [-0.39, 0.29) is 0 Å². The number of thiazole rings is 1. The van der Waals surface area contributed by atoms with Crippen molar-refractivity contribution in [2.24, 2.45) is 10.8 Å². The third-order valence-corrected chi connectivity index (χ3v) is 2.31. The molecule has 5 nitrogen and oxygen atoms in total. The monoisotopic (exact) mass is 199 g/mol. The number of nitrogens with zero attached hydrogens (tertiary/aromatic N) is 2. The summed E-state index contributed by atoms with van der Waals surface area (Å²) in [4.78, 5) is 8.03. The Hall–Kier alpha value is -1.14. The molecular weight excluding hydrogens is 186 g/mol. The summed E-state index contributed by atoms with van der Waals surface area (Å²) >= 11 is 1.65. The van der Waals surface area contributed by atoms with Gasteiger partial charge in [0, 0.05) is 31.6 Å². The highest BCUT2D eigenvalue weighted by molar-refractivity contribution is 7.09. The summed E-state index contributed by atoms with van der Waals surface area (Å²) in [5.74, 6) is 5.78. The fourth-order valence-corrected chi connectivity index (χ4v) is 1.48. The summed E-state index contributed by atoms with van der Waals surface area (Å²) in [7, 11) is 1.67. The normalized spacial score (nSPS) is 11.4. The van der Waals surface area contributed by atoms with Gasteiger partial charge in [-0.3, -0.25) is 10.4 Å². The molecule has 6 heteroatoms. The van der Waals surface area contributed by atoms with Crippen LogP contribution in [0.2, 0.25) is 0 Å². The molecule has 0 aliphatic rings. The molecule has 0 radical (unpaired) electrons. The molecule has 0 bridgehead atoms. The minimum atomic E-state index is 0.594. The minimum Gasteiger partial charge on any atom is -0.355 e. The molecule has 1 heterocycles. The quantitative estimate of drug-likeness (QED) is 0.271. The second kappa shape index (κ2) is 5.50. The number of rotatable bonds is 3. The molecule has 0 fully saturated rings. The molecule has 0 aliphatic carbocycles. The lowest BCUT2D eigenvalue weighted by atomic mass is 10.4. The van der Waals surface area contributed by atoms with Crippen LogP contribution in [0.1, 0.15) is 5.01 Å². The molecule has 1 rings (SSSR count). The maximum Gasteiger partial charge on any atom is 0.205 e. The first kappa shape index (κ1) is 9.94. The van der Waals surface area contributed by atoms with E-state index in [2.05, 4.69) is 20.7 Å². The zero-order valence-electron chi connectivity index (χ0n) is 7.45. The van der Waals surface area contributed by atoms with Crippen molar-refractivity contribution in [3.63, 3.8) is 0 Å². The largest absolute Gasteiger partial charge is 0.355 e. The van der Waals surface area contributed by atoms with Gasteiger partial charge in [0.05, 0.1) is 5.01 Å². The van der Waals surface area contributed by atoms with Gasteiger partial charge in [-0.25, -0.2) is 10.8 Å². The molecule has 0 saturated carbocycles. The molecule has 0 saturated heterocycles. The fourth-order valence-electron chi connectivity index (χ4n) is 0.859. The van der Waals surface area contributed by atoms with Gasteiger partial charge in [0.2, 0.25) is 5.96 Å². The molecule has 0 unspecified atom stereocenters. The Balaban J connectivity index is 2.21. The molecule has 0 amide bonds. The number of nitrogens with two attached hydrogens (primary N) is 1. The van der Waals surface area contributed by atoms with Gasteiger partial charge >= 0.3 is 0 Å². The van der Waals surface area contributed by atoms with Crippen molar-refractivity contribution in [2.75, 3.05) is 13.6 Å². The lowest BCUT2D eigenvalue weighted by Crippen LogP contribution is -2.42. The Morgan fingerprint density at radius 1 is 1.77 bits per heavy atom. The van der Waals surface area contributed by atoms with Crippen molar-refractivity contribution >= 4 is 17.3 Å². The summed E-state index contributed by atoms with van der Waals surface area (Å²) in [6.07, 6.45) is 2.69. The fraction of sp³-hybridized carbons (Fsp3) is 0.429. The first-order chi connectivity index (χ1) is 6.36. The number of hydrogen-bond acceptors (Lipinski definition) is 4. The van der Waals surface area contributed by atoms with E-state index in [4.69, 9.17) is 5.84 Å².